The molecule has 0 aromatic heterocycles. The van der Waals surface area contributed by atoms with Crippen molar-refractivity contribution in [1.29, 1.82) is 0 Å². The van der Waals surface area contributed by atoms with E-state index in [1.165, 1.54) is 20.2 Å². The van der Waals surface area contributed by atoms with Crippen LogP contribution in [0.15, 0.2) is 93.5 Å². The molecule has 118 valence electrons. The van der Waals surface area contributed by atoms with Crippen LogP contribution < -0.4 is 21.7 Å². The standard InChI is InChI=1S/C20H19OS.BrH/c1-16-12-14-18(15-13-16)22(17-8-4-3-5-9-17)20-11-7-6-10-19(20)21-2;/h3-15H,1-2H3;1H/q+1;/p-1. The maximum Gasteiger partial charge on any atom is 0.208 e. The maximum atomic E-state index is 5.60. The molecule has 3 heteroatoms. The zero-order chi connectivity index (χ0) is 15.4. The third kappa shape index (κ3) is 3.98. The van der Waals surface area contributed by atoms with E-state index in [4.69, 9.17) is 4.74 Å². The lowest BCUT2D eigenvalue weighted by atomic mass is 10.2. The minimum Gasteiger partial charge on any atom is -1.00 e. The number of hydrogen-bond acceptors (Lipinski definition) is 1. The first kappa shape index (κ1) is 17.6. The van der Waals surface area contributed by atoms with Gasteiger partial charge in [-0.1, -0.05) is 48.0 Å². The molecular formula is C20H19BrOS. The van der Waals surface area contributed by atoms with Crippen molar-refractivity contribution in [2.24, 2.45) is 0 Å². The Hall–Kier alpha value is -1.71. The Morgan fingerprint density at radius 3 is 1.91 bits per heavy atom. The van der Waals surface area contributed by atoms with Gasteiger partial charge in [0, 0.05) is 0 Å². The summed E-state index contributed by atoms with van der Waals surface area (Å²) in [5.41, 5.74) is 1.28. The van der Waals surface area contributed by atoms with Crippen LogP contribution in [0.5, 0.6) is 5.75 Å². The minimum absolute atomic E-state index is 0. The summed E-state index contributed by atoms with van der Waals surface area (Å²) >= 11 is 0. The number of benzene rings is 3. The lowest BCUT2D eigenvalue weighted by molar-refractivity contribution is -0.00000479. The molecule has 0 radical (unpaired) electrons. The zero-order valence-corrected chi connectivity index (χ0v) is 15.6. The topological polar surface area (TPSA) is 9.23 Å². The van der Waals surface area contributed by atoms with Crippen LogP contribution in [0, 0.1) is 6.92 Å². The number of hydrogen-bond donors (Lipinski definition) is 0. The predicted molar refractivity (Wildman–Crippen MR) is 92.8 cm³/mol. The van der Waals surface area contributed by atoms with Crippen LogP contribution in [-0.4, -0.2) is 7.11 Å². The normalized spacial score (nSPS) is 11.4. The summed E-state index contributed by atoms with van der Waals surface area (Å²) in [5, 5.41) is 0. The third-order valence-electron chi connectivity index (χ3n) is 3.52. The van der Waals surface area contributed by atoms with Gasteiger partial charge in [-0.3, -0.25) is 0 Å². The van der Waals surface area contributed by atoms with Gasteiger partial charge in [0.1, 0.15) is 10.9 Å². The van der Waals surface area contributed by atoms with Crippen LogP contribution in [-0.2, 0) is 10.9 Å². The van der Waals surface area contributed by atoms with Crippen LogP contribution in [0.4, 0.5) is 0 Å². The first-order valence-corrected chi connectivity index (χ1v) is 8.51. The summed E-state index contributed by atoms with van der Waals surface area (Å²) in [6, 6.07) is 27.7. The second-order valence-electron chi connectivity index (χ2n) is 5.08. The summed E-state index contributed by atoms with van der Waals surface area (Å²) in [7, 11) is 1.58. The van der Waals surface area contributed by atoms with Gasteiger partial charge in [-0.05, 0) is 43.3 Å². The summed E-state index contributed by atoms with van der Waals surface area (Å²) in [4.78, 5) is 3.83. The Morgan fingerprint density at radius 2 is 1.26 bits per heavy atom. The Morgan fingerprint density at radius 1 is 0.696 bits per heavy atom. The molecule has 0 aliphatic heterocycles. The van der Waals surface area contributed by atoms with E-state index in [0.29, 0.717) is 0 Å². The SMILES string of the molecule is COc1ccccc1[S+](c1ccccc1)c1ccc(C)cc1.[Br-]. The van der Waals surface area contributed by atoms with Gasteiger partial charge in [0.05, 0.1) is 7.11 Å². The fraction of sp³-hybridized carbons (Fsp3) is 0.100. The summed E-state index contributed by atoms with van der Waals surface area (Å²) < 4.78 is 5.60. The van der Waals surface area contributed by atoms with Crippen molar-refractivity contribution < 1.29 is 21.7 Å². The van der Waals surface area contributed by atoms with Gasteiger partial charge in [-0.25, -0.2) is 0 Å². The lowest BCUT2D eigenvalue weighted by Crippen LogP contribution is -3.00. The van der Waals surface area contributed by atoms with E-state index in [2.05, 4.69) is 73.7 Å². The van der Waals surface area contributed by atoms with Gasteiger partial charge in [0.15, 0.2) is 15.5 Å². The Balaban J connectivity index is 0.00000192. The van der Waals surface area contributed by atoms with Crippen LogP contribution >= 0.6 is 0 Å². The van der Waals surface area contributed by atoms with Crippen molar-refractivity contribution in [2.75, 3.05) is 7.11 Å². The van der Waals surface area contributed by atoms with E-state index in [9.17, 15) is 0 Å². The predicted octanol–water partition coefficient (Wildman–Crippen LogP) is 2.10. The molecule has 0 N–H and O–H groups in total. The van der Waals surface area contributed by atoms with Crippen molar-refractivity contribution in [3.8, 4) is 5.75 Å². The second-order valence-corrected chi connectivity index (χ2v) is 7.08. The fourth-order valence-electron chi connectivity index (χ4n) is 2.41. The van der Waals surface area contributed by atoms with Crippen LogP contribution in [0.25, 0.3) is 0 Å². The molecule has 1 unspecified atom stereocenters. The van der Waals surface area contributed by atoms with E-state index in [0.717, 1.165) is 5.75 Å². The van der Waals surface area contributed by atoms with Gasteiger partial charge < -0.3 is 21.7 Å². The molecule has 0 bridgehead atoms. The van der Waals surface area contributed by atoms with E-state index in [1.54, 1.807) is 7.11 Å². The first-order valence-electron chi connectivity index (χ1n) is 7.28. The minimum atomic E-state index is -0.159. The van der Waals surface area contributed by atoms with Gasteiger partial charge >= 0.3 is 0 Å². The lowest BCUT2D eigenvalue weighted by Gasteiger charge is -2.11. The van der Waals surface area contributed by atoms with Gasteiger partial charge in [-0.2, -0.15) is 0 Å². The van der Waals surface area contributed by atoms with Crippen LogP contribution in [0.3, 0.4) is 0 Å². The summed E-state index contributed by atoms with van der Waals surface area (Å²) in [6.45, 7) is 2.12. The van der Waals surface area contributed by atoms with Crippen molar-refractivity contribution in [2.45, 2.75) is 21.6 Å². The summed E-state index contributed by atoms with van der Waals surface area (Å²) in [5.74, 6) is 0.940. The molecule has 0 saturated carbocycles. The molecule has 0 heterocycles. The molecule has 0 amide bonds. The molecule has 0 saturated heterocycles. The van der Waals surface area contributed by atoms with Crippen molar-refractivity contribution >= 4 is 10.9 Å². The molecule has 1 atom stereocenters. The molecule has 3 rings (SSSR count). The monoisotopic (exact) mass is 386 g/mol. The number of aryl methyl sites for hydroxylation is 1. The smallest absolute Gasteiger partial charge is 0.208 e. The number of para-hydroxylation sites is 1. The highest BCUT2D eigenvalue weighted by Crippen LogP contribution is 2.36. The maximum absolute atomic E-state index is 5.60. The molecular weight excluding hydrogens is 368 g/mol. The van der Waals surface area contributed by atoms with E-state index in [-0.39, 0.29) is 27.9 Å². The van der Waals surface area contributed by atoms with E-state index in [1.807, 2.05) is 12.1 Å². The Bertz CT molecular complexity index is 741. The molecule has 3 aromatic rings. The van der Waals surface area contributed by atoms with Gasteiger partial charge in [0.2, 0.25) is 4.90 Å². The molecule has 3 aromatic carbocycles. The number of methoxy groups -OCH3 is 1. The van der Waals surface area contributed by atoms with Crippen molar-refractivity contribution in [3.05, 3.63) is 84.4 Å². The quantitative estimate of drug-likeness (QED) is 0.624. The Labute approximate surface area is 151 Å². The largest absolute Gasteiger partial charge is 1.00 e. The van der Waals surface area contributed by atoms with E-state index < -0.39 is 0 Å². The summed E-state index contributed by atoms with van der Waals surface area (Å²) in [6.07, 6.45) is 0. The second kappa shape index (κ2) is 8.23. The van der Waals surface area contributed by atoms with Crippen LogP contribution in [0.2, 0.25) is 0 Å². The highest BCUT2D eigenvalue weighted by molar-refractivity contribution is 7.97. The first-order chi connectivity index (χ1) is 10.8. The molecule has 1 nitrogen and oxygen atoms in total. The van der Waals surface area contributed by atoms with Crippen molar-refractivity contribution in [3.63, 3.8) is 0 Å². The van der Waals surface area contributed by atoms with Gasteiger partial charge in [-0.15, -0.1) is 0 Å². The highest BCUT2D eigenvalue weighted by Gasteiger charge is 2.31. The molecule has 0 fully saturated rings. The van der Waals surface area contributed by atoms with Crippen LogP contribution in [0.1, 0.15) is 5.56 Å². The average Bonchev–Trinajstić information content (AvgIpc) is 2.58. The van der Waals surface area contributed by atoms with Gasteiger partial charge in [0.25, 0.3) is 0 Å². The number of ether oxygens (including phenoxy) is 1. The zero-order valence-electron chi connectivity index (χ0n) is 13.2. The number of halogens is 1. The van der Waals surface area contributed by atoms with Crippen molar-refractivity contribution in [1.82, 2.24) is 0 Å². The Kier molecular flexibility index (Phi) is 6.31. The van der Waals surface area contributed by atoms with E-state index >= 15 is 0 Å². The average molecular weight is 387 g/mol. The fourth-order valence-corrected chi connectivity index (χ4v) is 4.59. The number of rotatable bonds is 4. The molecule has 0 aliphatic carbocycles. The molecule has 0 aliphatic rings. The molecule has 23 heavy (non-hydrogen) atoms. The molecule has 0 spiro atoms. The third-order valence-corrected chi connectivity index (χ3v) is 5.79. The highest BCUT2D eigenvalue weighted by atomic mass is 79.9.